The molecule has 1 N–H and O–H groups in total. The van der Waals surface area contributed by atoms with Gasteiger partial charge in [-0.25, -0.2) is 4.79 Å². The van der Waals surface area contributed by atoms with Crippen LogP contribution in [0.3, 0.4) is 0 Å². The first-order valence-electron chi connectivity index (χ1n) is 10.4. The summed E-state index contributed by atoms with van der Waals surface area (Å²) in [6.07, 6.45) is 3.09. The van der Waals surface area contributed by atoms with Crippen molar-refractivity contribution in [3.05, 3.63) is 46.8 Å². The fraction of sp³-hybridized carbons (Fsp3) is 0.522. The van der Waals surface area contributed by atoms with Crippen LogP contribution in [0.5, 0.6) is 5.75 Å². The Morgan fingerprint density at radius 3 is 2.60 bits per heavy atom. The van der Waals surface area contributed by atoms with Crippen molar-refractivity contribution in [2.24, 2.45) is 5.92 Å². The Hall–Kier alpha value is -2.83. The molecule has 0 saturated heterocycles. The molecule has 0 saturated carbocycles. The molecule has 0 bridgehead atoms. The normalized spacial score (nSPS) is 11.9. The molecule has 1 heterocycles. The molecule has 7 nitrogen and oxygen atoms in total. The highest BCUT2D eigenvalue weighted by Crippen LogP contribution is 2.19. The van der Waals surface area contributed by atoms with Gasteiger partial charge in [0.25, 0.3) is 5.91 Å². The molecule has 1 aromatic heterocycles. The van der Waals surface area contributed by atoms with Crippen molar-refractivity contribution in [3.63, 3.8) is 0 Å². The van der Waals surface area contributed by atoms with Crippen molar-refractivity contribution >= 4 is 11.9 Å². The van der Waals surface area contributed by atoms with Crippen LogP contribution in [0.2, 0.25) is 0 Å². The van der Waals surface area contributed by atoms with Crippen LogP contribution in [0.1, 0.15) is 67.4 Å². The lowest BCUT2D eigenvalue weighted by Gasteiger charge is -2.14. The number of benzene rings is 1. The summed E-state index contributed by atoms with van der Waals surface area (Å²) < 4.78 is 16.0. The summed E-state index contributed by atoms with van der Waals surface area (Å²) in [7, 11) is 0. The van der Waals surface area contributed by atoms with Crippen molar-refractivity contribution in [2.75, 3.05) is 6.61 Å². The van der Waals surface area contributed by atoms with E-state index in [-0.39, 0.29) is 25.2 Å². The molecule has 1 atom stereocenters. The molecule has 1 unspecified atom stereocenters. The first kappa shape index (κ1) is 23.4. The van der Waals surface area contributed by atoms with E-state index in [0.29, 0.717) is 23.0 Å². The third kappa shape index (κ3) is 7.54. The molecular weight excluding hydrogens is 384 g/mol. The van der Waals surface area contributed by atoms with E-state index in [4.69, 9.17) is 14.0 Å². The minimum Gasteiger partial charge on any atom is -0.489 e. The Labute approximate surface area is 178 Å². The maximum atomic E-state index is 12.3. The van der Waals surface area contributed by atoms with E-state index >= 15 is 0 Å². The largest absolute Gasteiger partial charge is 0.489 e. The number of rotatable bonds is 11. The second-order valence-electron chi connectivity index (χ2n) is 7.99. The summed E-state index contributed by atoms with van der Waals surface area (Å²) in [5.74, 6) is 1.00. The topological polar surface area (TPSA) is 90.7 Å². The van der Waals surface area contributed by atoms with Crippen LogP contribution >= 0.6 is 0 Å². The molecular formula is C23H32N2O5. The number of amides is 1. The van der Waals surface area contributed by atoms with Gasteiger partial charge in [0.1, 0.15) is 18.1 Å². The highest BCUT2D eigenvalue weighted by atomic mass is 16.5. The Morgan fingerprint density at radius 1 is 1.17 bits per heavy atom. The molecule has 0 spiro atoms. The summed E-state index contributed by atoms with van der Waals surface area (Å²) in [5.41, 5.74) is 1.97. The minimum absolute atomic E-state index is 0.0519. The third-order valence-electron chi connectivity index (χ3n) is 4.79. The SMILES string of the molecule is Cc1noc(C)c1COc1cccc(C(=O)OCC(=O)NC(C)CCCC(C)C)c1. The first-order valence-corrected chi connectivity index (χ1v) is 10.4. The second kappa shape index (κ2) is 11.4. The highest BCUT2D eigenvalue weighted by molar-refractivity contribution is 5.91. The number of nitrogens with zero attached hydrogens (tertiary/aromatic N) is 1. The predicted molar refractivity (Wildman–Crippen MR) is 113 cm³/mol. The Morgan fingerprint density at radius 2 is 1.93 bits per heavy atom. The van der Waals surface area contributed by atoms with E-state index in [9.17, 15) is 9.59 Å². The number of ether oxygens (including phenoxy) is 2. The monoisotopic (exact) mass is 416 g/mol. The van der Waals surface area contributed by atoms with Crippen LogP contribution in [0, 0.1) is 19.8 Å². The van der Waals surface area contributed by atoms with Gasteiger partial charge >= 0.3 is 5.97 Å². The number of aromatic nitrogens is 1. The molecule has 1 amide bonds. The fourth-order valence-corrected chi connectivity index (χ4v) is 3.01. The fourth-order valence-electron chi connectivity index (χ4n) is 3.01. The summed E-state index contributed by atoms with van der Waals surface area (Å²) in [6.45, 7) is 9.97. The molecule has 2 aromatic rings. The van der Waals surface area contributed by atoms with Crippen molar-refractivity contribution in [1.82, 2.24) is 10.5 Å². The van der Waals surface area contributed by atoms with Gasteiger partial charge in [-0.1, -0.05) is 37.9 Å². The van der Waals surface area contributed by atoms with Gasteiger partial charge in [0, 0.05) is 6.04 Å². The van der Waals surface area contributed by atoms with Crippen LogP contribution < -0.4 is 10.1 Å². The van der Waals surface area contributed by atoms with E-state index < -0.39 is 5.97 Å². The van der Waals surface area contributed by atoms with E-state index in [1.54, 1.807) is 24.3 Å². The molecule has 2 rings (SSSR count). The lowest BCUT2D eigenvalue weighted by atomic mass is 10.0. The standard InChI is InChI=1S/C23H32N2O5/c1-15(2)8-6-9-16(3)24-22(26)14-29-23(27)19-10-7-11-20(12-19)28-13-21-17(4)25-30-18(21)5/h7,10-12,15-16H,6,8-9,13-14H2,1-5H3,(H,24,26). The van der Waals surface area contributed by atoms with E-state index in [1.807, 2.05) is 20.8 Å². The van der Waals surface area contributed by atoms with Gasteiger partial charge in [0.05, 0.1) is 16.8 Å². The number of hydrogen-bond donors (Lipinski definition) is 1. The van der Waals surface area contributed by atoms with Crippen LogP contribution in [0.4, 0.5) is 0 Å². The first-order chi connectivity index (χ1) is 14.3. The van der Waals surface area contributed by atoms with Gasteiger partial charge in [-0.2, -0.15) is 0 Å². The van der Waals surface area contributed by atoms with Crippen LogP contribution in [0.15, 0.2) is 28.8 Å². The third-order valence-corrected chi connectivity index (χ3v) is 4.79. The Kier molecular flexibility index (Phi) is 8.89. The zero-order chi connectivity index (χ0) is 22.1. The molecule has 7 heteroatoms. The second-order valence-corrected chi connectivity index (χ2v) is 7.99. The Balaban J connectivity index is 1.80. The maximum absolute atomic E-state index is 12.3. The summed E-state index contributed by atoms with van der Waals surface area (Å²) >= 11 is 0. The number of esters is 1. The number of carbonyl (C=O) groups excluding carboxylic acids is 2. The van der Waals surface area contributed by atoms with Crippen LogP contribution in [0.25, 0.3) is 0 Å². The van der Waals surface area contributed by atoms with Gasteiger partial charge in [0.15, 0.2) is 6.61 Å². The number of nitrogens with one attached hydrogen (secondary N) is 1. The van der Waals surface area contributed by atoms with Crippen molar-refractivity contribution in [2.45, 2.75) is 66.5 Å². The molecule has 0 aliphatic heterocycles. The molecule has 30 heavy (non-hydrogen) atoms. The molecule has 0 radical (unpaired) electrons. The van der Waals surface area contributed by atoms with E-state index in [2.05, 4.69) is 24.3 Å². The smallest absolute Gasteiger partial charge is 0.338 e. The molecule has 1 aromatic carbocycles. The van der Waals surface area contributed by atoms with Gasteiger partial charge in [0.2, 0.25) is 0 Å². The van der Waals surface area contributed by atoms with Crippen molar-refractivity contribution in [3.8, 4) is 5.75 Å². The predicted octanol–water partition coefficient (Wildman–Crippen LogP) is 4.36. The maximum Gasteiger partial charge on any atom is 0.338 e. The lowest BCUT2D eigenvalue weighted by Crippen LogP contribution is -2.35. The number of hydrogen-bond acceptors (Lipinski definition) is 6. The van der Waals surface area contributed by atoms with Gasteiger partial charge in [-0.15, -0.1) is 0 Å². The van der Waals surface area contributed by atoms with Crippen molar-refractivity contribution in [1.29, 1.82) is 0 Å². The molecule has 164 valence electrons. The average molecular weight is 417 g/mol. The number of carbonyl (C=O) groups is 2. The van der Waals surface area contributed by atoms with Gasteiger partial charge < -0.3 is 19.3 Å². The van der Waals surface area contributed by atoms with E-state index in [1.165, 1.54) is 0 Å². The molecule has 0 aliphatic carbocycles. The zero-order valence-corrected chi connectivity index (χ0v) is 18.5. The summed E-state index contributed by atoms with van der Waals surface area (Å²) in [4.78, 5) is 24.3. The quantitative estimate of drug-likeness (QED) is 0.548. The van der Waals surface area contributed by atoms with Crippen LogP contribution in [-0.4, -0.2) is 29.7 Å². The number of aryl methyl sites for hydroxylation is 2. The van der Waals surface area contributed by atoms with Crippen LogP contribution in [-0.2, 0) is 16.1 Å². The highest BCUT2D eigenvalue weighted by Gasteiger charge is 2.14. The van der Waals surface area contributed by atoms with E-state index in [0.717, 1.165) is 30.5 Å². The zero-order valence-electron chi connectivity index (χ0n) is 18.5. The summed E-state index contributed by atoms with van der Waals surface area (Å²) in [6, 6.07) is 6.72. The van der Waals surface area contributed by atoms with Crippen molar-refractivity contribution < 1.29 is 23.6 Å². The average Bonchev–Trinajstić information content (AvgIpc) is 3.02. The molecule has 0 aliphatic rings. The Bertz CT molecular complexity index is 824. The van der Waals surface area contributed by atoms with Gasteiger partial charge in [-0.05, 0) is 51.3 Å². The van der Waals surface area contributed by atoms with Gasteiger partial charge in [-0.3, -0.25) is 4.79 Å². The summed E-state index contributed by atoms with van der Waals surface area (Å²) in [5, 5.41) is 6.76. The lowest BCUT2D eigenvalue weighted by molar-refractivity contribution is -0.124. The molecule has 0 fully saturated rings. The minimum atomic E-state index is -0.569.